The van der Waals surface area contributed by atoms with E-state index < -0.39 is 149 Å². The largest absolute Gasteiger partial charge is 0.508 e. The third kappa shape index (κ3) is 39.7. The van der Waals surface area contributed by atoms with E-state index in [0.29, 0.717) is 111 Å². The van der Waals surface area contributed by atoms with E-state index in [1.54, 1.807) is 30.5 Å². The molecule has 0 aliphatic carbocycles. The molecule has 0 radical (unpaired) electrons. The highest BCUT2D eigenvalue weighted by atomic mass is 16.3. The molecule has 0 unspecified atom stereocenters. The molecule has 37 N–H and O–H groups in total. The summed E-state index contributed by atoms with van der Waals surface area (Å²) in [6.07, 6.45) is 6.15. The van der Waals surface area contributed by atoms with Gasteiger partial charge in [-0.2, -0.15) is 0 Å². The number of amides is 13. The Morgan fingerprint density at radius 3 is 0.911 bits per heavy atom. The summed E-state index contributed by atoms with van der Waals surface area (Å²) < 4.78 is 0. The Morgan fingerprint density at radius 2 is 0.593 bits per heavy atom. The van der Waals surface area contributed by atoms with E-state index in [4.69, 9.17) is 63.1 Å². The first kappa shape index (κ1) is 104. The molecule has 0 saturated heterocycles. The standard InChI is InChI=1S/C82H134N26O15/c1-49(70(113)100-61(23-7-13-39-85)74(117)102-63(25-9-15-41-87)76(119)103-64(26-10-16-42-88)75(118)101-62(24-8-14-40-86)73(116)99-58(69(89)112)21-5-11-37-83)97-71(114)60(22-6-12-38-84)104-80(123)68(47-53-48-96-57-20-4-3-19-56(53)57)108-77(120)65(28-18-44-95-82(92)93)105-78(121)66(45-51-29-33-54(110)34-30-51)107-79(122)67(46-52-31-35-55(111)36-32-52)106-72(115)59(98-50(2)109)27-17-43-94-81(90)91/h3-4,19-20,29-36,48-49,58-68,96,110-111H,5-18,21-28,37-47,83-88H2,1-2H3,(H2,89,112)(H,97,114)(H,98,109)(H,99,116)(H,100,113)(H,101,118)(H,102,117)(H,103,119)(H,104,123)(H,105,121)(H,106,115)(H,107,122)(H,108,120)(H4,90,91,94)(H4,92,93,95)/t49-,58-,59-,60-,61-,62-,63-,64-,65-,66-,67-,68-/m0/s1. The number of primary amides is 1. The SMILES string of the molecule is CC(=O)N[C@@H](CCCN=C(N)N)C(=O)N[C@@H](Cc1ccc(O)cc1)C(=O)N[C@@H](Cc1ccc(O)cc1)C(=O)N[C@@H](CCCN=C(N)N)C(=O)N[C@@H](Cc1c[nH]c2ccccc12)C(=O)N[C@@H](CCCCN)C(=O)N[C@@H](C)C(=O)N[C@@H](CCCCN)C(=O)N[C@@H](CCCCN)C(=O)N[C@@H](CCCCN)C(=O)N[C@@H](CCCCN)C(=O)N[C@@H](CCCCN)C(N)=O. The van der Waals surface area contributed by atoms with Gasteiger partial charge < -0.3 is 142 Å². The smallest absolute Gasteiger partial charge is 0.243 e. The number of rotatable bonds is 62. The predicted octanol–water partition coefficient (Wildman–Crippen LogP) is -4.17. The zero-order chi connectivity index (χ0) is 90.8. The summed E-state index contributed by atoms with van der Waals surface area (Å²) in [4.78, 5) is 198. The maximum absolute atomic E-state index is 15.3. The van der Waals surface area contributed by atoms with E-state index in [1.165, 1.54) is 62.4 Å². The van der Waals surface area contributed by atoms with Crippen molar-refractivity contribution in [3.8, 4) is 11.5 Å². The maximum Gasteiger partial charge on any atom is 0.243 e. The summed E-state index contributed by atoms with van der Waals surface area (Å²) in [6, 6.07) is 2.12. The minimum Gasteiger partial charge on any atom is -0.508 e. The third-order valence-electron chi connectivity index (χ3n) is 20.2. The minimum absolute atomic E-state index is 0.00754. The number of aromatic hydroxyl groups is 2. The van der Waals surface area contributed by atoms with Crippen molar-refractivity contribution < 1.29 is 72.5 Å². The third-order valence-corrected chi connectivity index (χ3v) is 20.2. The molecule has 4 rings (SSSR count). The molecule has 0 fully saturated rings. The average Bonchev–Trinajstić information content (AvgIpc) is 1.71. The Labute approximate surface area is 717 Å². The number of benzene rings is 3. The molecule has 41 heteroatoms. The van der Waals surface area contributed by atoms with Crippen LogP contribution in [-0.4, -0.2) is 229 Å². The maximum atomic E-state index is 15.3. The number of aromatic amines is 1. The molecule has 13 amide bonds. The number of fused-ring (bicyclic) bond motifs is 1. The van der Waals surface area contributed by atoms with E-state index in [2.05, 4.69) is 78.8 Å². The number of para-hydroxylation sites is 1. The van der Waals surface area contributed by atoms with Gasteiger partial charge in [-0.05, 0) is 234 Å². The number of aromatic nitrogens is 1. The topological polar surface area (TPSA) is 733 Å². The van der Waals surface area contributed by atoms with Crippen LogP contribution in [0.3, 0.4) is 0 Å². The Hall–Kier alpha value is -11.8. The monoisotopic (exact) mass is 1720 g/mol. The van der Waals surface area contributed by atoms with E-state index in [-0.39, 0.29) is 153 Å². The lowest BCUT2D eigenvalue weighted by molar-refractivity contribution is -0.136. The van der Waals surface area contributed by atoms with Gasteiger partial charge in [0.1, 0.15) is 84.0 Å². The normalized spacial score (nSPS) is 14.0. The fourth-order valence-corrected chi connectivity index (χ4v) is 13.4. The summed E-state index contributed by atoms with van der Waals surface area (Å²) in [6.45, 7) is 4.09. The van der Waals surface area contributed by atoms with E-state index in [0.717, 1.165) is 0 Å². The molecule has 682 valence electrons. The van der Waals surface area contributed by atoms with Crippen LogP contribution in [0.15, 0.2) is 89.0 Å². The van der Waals surface area contributed by atoms with Crippen molar-refractivity contribution in [3.63, 3.8) is 0 Å². The highest BCUT2D eigenvalue weighted by molar-refractivity contribution is 6.00. The number of carbonyl (C=O) groups excluding carboxylic acids is 13. The minimum atomic E-state index is -1.58. The fraction of sp³-hybridized carbons (Fsp3) is 0.573. The number of nitrogens with two attached hydrogens (primary N) is 11. The molecular weight excluding hydrogens is 1590 g/mol. The van der Waals surface area contributed by atoms with Crippen LogP contribution in [-0.2, 0) is 81.6 Å². The molecule has 12 atom stereocenters. The lowest BCUT2D eigenvalue weighted by Gasteiger charge is -2.28. The lowest BCUT2D eigenvalue weighted by atomic mass is 10.0. The molecule has 0 spiro atoms. The summed E-state index contributed by atoms with van der Waals surface area (Å²) >= 11 is 0. The highest BCUT2D eigenvalue weighted by Gasteiger charge is 2.38. The first-order chi connectivity index (χ1) is 58.8. The summed E-state index contributed by atoms with van der Waals surface area (Å²) in [7, 11) is 0. The molecule has 1 aromatic heterocycles. The fourth-order valence-electron chi connectivity index (χ4n) is 13.4. The van der Waals surface area contributed by atoms with Gasteiger partial charge in [0.05, 0.1) is 0 Å². The van der Waals surface area contributed by atoms with Crippen molar-refractivity contribution in [2.75, 3.05) is 52.4 Å². The second-order valence-electron chi connectivity index (χ2n) is 30.4. The van der Waals surface area contributed by atoms with Crippen LogP contribution in [0.25, 0.3) is 10.9 Å². The number of H-pyrrole nitrogens is 1. The number of guanidine groups is 2. The van der Waals surface area contributed by atoms with Crippen LogP contribution in [0.4, 0.5) is 0 Å². The van der Waals surface area contributed by atoms with Gasteiger partial charge in [0.2, 0.25) is 76.8 Å². The summed E-state index contributed by atoms with van der Waals surface area (Å²) in [5, 5.41) is 53.8. The number of nitrogens with zero attached hydrogens (tertiary/aromatic N) is 2. The van der Waals surface area contributed by atoms with E-state index in [1.807, 2.05) is 0 Å². The van der Waals surface area contributed by atoms with Crippen molar-refractivity contribution >= 4 is 99.6 Å². The van der Waals surface area contributed by atoms with Crippen molar-refractivity contribution in [1.82, 2.24) is 68.8 Å². The van der Waals surface area contributed by atoms with Gasteiger partial charge in [-0.15, -0.1) is 0 Å². The van der Waals surface area contributed by atoms with Crippen molar-refractivity contribution in [2.24, 2.45) is 73.1 Å². The number of nitrogens with one attached hydrogen (secondary N) is 13. The predicted molar refractivity (Wildman–Crippen MR) is 467 cm³/mol. The van der Waals surface area contributed by atoms with Crippen LogP contribution >= 0.6 is 0 Å². The number of aliphatic imine (C=N–C) groups is 2. The van der Waals surface area contributed by atoms with Gasteiger partial charge in [-0.3, -0.25) is 72.3 Å². The van der Waals surface area contributed by atoms with Crippen LogP contribution in [0, 0.1) is 0 Å². The van der Waals surface area contributed by atoms with Gasteiger partial charge in [-0.25, -0.2) is 0 Å². The molecule has 123 heavy (non-hydrogen) atoms. The van der Waals surface area contributed by atoms with E-state index in [9.17, 15) is 58.2 Å². The number of phenols is 2. The molecule has 0 saturated carbocycles. The Balaban J connectivity index is 1.71. The van der Waals surface area contributed by atoms with Crippen LogP contribution < -0.4 is 127 Å². The Morgan fingerprint density at radius 1 is 0.325 bits per heavy atom. The summed E-state index contributed by atoms with van der Waals surface area (Å²) in [5.41, 5.74) is 65.1. The lowest BCUT2D eigenvalue weighted by Crippen LogP contribution is -2.61. The van der Waals surface area contributed by atoms with Crippen LogP contribution in [0.2, 0.25) is 0 Å². The van der Waals surface area contributed by atoms with Crippen molar-refractivity contribution in [2.45, 2.75) is 247 Å². The number of carbonyl (C=O) groups is 13. The Kier molecular flexibility index (Phi) is 48.4. The van der Waals surface area contributed by atoms with Crippen molar-refractivity contribution in [3.05, 3.63) is 95.7 Å². The molecule has 0 bridgehead atoms. The Bertz CT molecular complexity index is 4050. The highest BCUT2D eigenvalue weighted by Crippen LogP contribution is 2.22. The first-order valence-electron chi connectivity index (χ1n) is 42.2. The number of hydrogen-bond acceptors (Lipinski definition) is 23. The van der Waals surface area contributed by atoms with Crippen LogP contribution in [0.5, 0.6) is 11.5 Å². The molecule has 0 aliphatic rings. The van der Waals surface area contributed by atoms with Gasteiger partial charge in [0.25, 0.3) is 0 Å². The zero-order valence-corrected chi connectivity index (χ0v) is 70.7. The molecule has 1 heterocycles. The first-order valence-corrected chi connectivity index (χ1v) is 42.2. The second kappa shape index (κ2) is 57.5. The van der Waals surface area contributed by atoms with Crippen LogP contribution in [0.1, 0.15) is 172 Å². The van der Waals surface area contributed by atoms with Crippen molar-refractivity contribution in [1.29, 1.82) is 0 Å². The van der Waals surface area contributed by atoms with Gasteiger partial charge in [-0.1, -0.05) is 42.5 Å². The second-order valence-corrected chi connectivity index (χ2v) is 30.4. The molecule has 4 aromatic rings. The average molecular weight is 1720 g/mol. The quantitative estimate of drug-likeness (QED) is 0.0113. The van der Waals surface area contributed by atoms with Gasteiger partial charge in [0, 0.05) is 56.4 Å². The molecule has 0 aliphatic heterocycles. The molecule has 3 aromatic carbocycles. The number of hydrogen-bond donors (Lipinski definition) is 26. The number of unbranched alkanes of at least 4 members (excludes halogenated alkanes) is 6. The molecular formula is C82H134N26O15. The van der Waals surface area contributed by atoms with E-state index >= 15 is 14.4 Å². The zero-order valence-electron chi connectivity index (χ0n) is 70.7. The number of phenolic OH excluding ortho intramolecular Hbond substituents is 2. The summed E-state index contributed by atoms with van der Waals surface area (Å²) in [5.74, 6) is -11.3. The van der Waals surface area contributed by atoms with Gasteiger partial charge >= 0.3 is 0 Å². The van der Waals surface area contributed by atoms with Gasteiger partial charge in [0.15, 0.2) is 11.9 Å². The molecule has 41 nitrogen and oxygen atoms in total.